The Balaban J connectivity index is 2.23. The van der Waals surface area contributed by atoms with Crippen LogP contribution in [0.15, 0.2) is 16.5 Å². The van der Waals surface area contributed by atoms with Crippen LogP contribution in [0.1, 0.15) is 23.2 Å². The molecule has 2 heterocycles. The van der Waals surface area contributed by atoms with Crippen molar-refractivity contribution >= 4 is 23.6 Å². The first-order valence-corrected chi connectivity index (χ1v) is 6.55. The van der Waals surface area contributed by atoms with Crippen LogP contribution in [0.25, 0.3) is 0 Å². The fraction of sp³-hybridized carbons (Fsp3) is 0.455. The van der Waals surface area contributed by atoms with Crippen LogP contribution in [0, 0.1) is 0 Å². The molecule has 1 aromatic rings. The van der Waals surface area contributed by atoms with Crippen molar-refractivity contribution in [1.82, 2.24) is 4.90 Å². The van der Waals surface area contributed by atoms with E-state index >= 15 is 0 Å². The number of carbonyl (C=O) groups excluding carboxylic acids is 1. The minimum atomic E-state index is -0.995. The smallest absolute Gasteiger partial charge is 0.327 e. The second-order valence-electron chi connectivity index (χ2n) is 3.97. The van der Waals surface area contributed by atoms with Crippen molar-refractivity contribution < 1.29 is 19.1 Å². The highest BCUT2D eigenvalue weighted by Crippen LogP contribution is 2.30. The summed E-state index contributed by atoms with van der Waals surface area (Å²) in [5.74, 6) is -0.363. The number of aliphatic carboxylic acids is 1. The van der Waals surface area contributed by atoms with Gasteiger partial charge in [-0.2, -0.15) is 0 Å². The largest absolute Gasteiger partial charge is 0.480 e. The van der Waals surface area contributed by atoms with E-state index in [9.17, 15) is 9.59 Å². The molecule has 18 heavy (non-hydrogen) atoms. The zero-order valence-electron chi connectivity index (χ0n) is 9.83. The number of furan rings is 1. The molecule has 0 radical (unpaired) electrons. The predicted octanol–water partition coefficient (Wildman–Crippen LogP) is 0.727. The summed E-state index contributed by atoms with van der Waals surface area (Å²) in [4.78, 5) is 24.7. The number of thioether (sulfide) groups is 1. The molecule has 1 aliphatic heterocycles. The van der Waals surface area contributed by atoms with Crippen molar-refractivity contribution in [2.45, 2.75) is 24.9 Å². The number of carboxylic acid groups (broad SMARTS) is 1. The van der Waals surface area contributed by atoms with E-state index in [4.69, 9.17) is 15.3 Å². The van der Waals surface area contributed by atoms with E-state index in [0.717, 1.165) is 0 Å². The minimum absolute atomic E-state index is 0.135. The van der Waals surface area contributed by atoms with Gasteiger partial charge in [0.15, 0.2) is 5.76 Å². The van der Waals surface area contributed by atoms with Crippen LogP contribution in [0.4, 0.5) is 0 Å². The van der Waals surface area contributed by atoms with E-state index in [0.29, 0.717) is 11.5 Å². The van der Waals surface area contributed by atoms with Gasteiger partial charge in [0.1, 0.15) is 11.8 Å². The first kappa shape index (κ1) is 13.0. The topological polar surface area (TPSA) is 96.8 Å². The molecule has 2 atom stereocenters. The number of nitrogens with two attached hydrogens (primary N) is 1. The molecule has 0 aromatic carbocycles. The number of nitrogens with zero attached hydrogens (tertiary/aromatic N) is 1. The normalized spacial score (nSPS) is 23.3. The Morgan fingerprint density at radius 3 is 2.89 bits per heavy atom. The van der Waals surface area contributed by atoms with Gasteiger partial charge in [0, 0.05) is 5.75 Å². The van der Waals surface area contributed by atoms with E-state index in [2.05, 4.69) is 0 Å². The van der Waals surface area contributed by atoms with Crippen LogP contribution in [-0.2, 0) is 11.3 Å². The van der Waals surface area contributed by atoms with E-state index < -0.39 is 17.9 Å². The average molecular weight is 270 g/mol. The number of hydrogen-bond acceptors (Lipinski definition) is 5. The highest BCUT2D eigenvalue weighted by atomic mass is 32.2. The van der Waals surface area contributed by atoms with Crippen LogP contribution in [0.3, 0.4) is 0 Å². The number of amides is 1. The van der Waals surface area contributed by atoms with Crippen LogP contribution in [-0.4, -0.2) is 39.1 Å². The summed E-state index contributed by atoms with van der Waals surface area (Å²) in [6.07, 6.45) is 0. The van der Waals surface area contributed by atoms with Gasteiger partial charge in [0.2, 0.25) is 0 Å². The lowest BCUT2D eigenvalue weighted by molar-refractivity contribution is -0.141. The lowest BCUT2D eigenvalue weighted by atomic mass is 10.2. The van der Waals surface area contributed by atoms with Crippen molar-refractivity contribution in [2.24, 2.45) is 5.73 Å². The van der Waals surface area contributed by atoms with Crippen LogP contribution >= 0.6 is 11.8 Å². The number of hydrogen-bond donors (Lipinski definition) is 2. The Morgan fingerprint density at radius 1 is 1.61 bits per heavy atom. The van der Waals surface area contributed by atoms with Crippen LogP contribution in [0.5, 0.6) is 0 Å². The maximum Gasteiger partial charge on any atom is 0.327 e. The molecule has 1 fully saturated rings. The third kappa shape index (κ3) is 2.23. The zero-order chi connectivity index (χ0) is 13.3. The third-order valence-corrected chi connectivity index (χ3v) is 4.03. The molecule has 0 aliphatic carbocycles. The molecular formula is C11H14N2O4S. The second-order valence-corrected chi connectivity index (χ2v) is 5.32. The molecule has 98 valence electrons. The lowest BCUT2D eigenvalue weighted by Crippen LogP contribution is -2.44. The van der Waals surface area contributed by atoms with Gasteiger partial charge in [0.05, 0.1) is 11.9 Å². The monoisotopic (exact) mass is 270 g/mol. The molecule has 2 rings (SSSR count). The first-order valence-electron chi connectivity index (χ1n) is 5.50. The molecule has 0 spiro atoms. The van der Waals surface area contributed by atoms with E-state index in [-0.39, 0.29) is 17.7 Å². The van der Waals surface area contributed by atoms with Gasteiger partial charge in [-0.1, -0.05) is 0 Å². The quantitative estimate of drug-likeness (QED) is 0.840. The van der Waals surface area contributed by atoms with Gasteiger partial charge in [-0.3, -0.25) is 4.79 Å². The SMILES string of the molecule is CC1SCC(C(=O)O)N1C(=O)c1ccc(CN)o1. The van der Waals surface area contributed by atoms with Crippen LogP contribution in [0.2, 0.25) is 0 Å². The highest BCUT2D eigenvalue weighted by Gasteiger charge is 2.40. The summed E-state index contributed by atoms with van der Waals surface area (Å²) in [5, 5.41) is 8.91. The van der Waals surface area contributed by atoms with Crippen molar-refractivity contribution in [3.05, 3.63) is 23.7 Å². The molecule has 1 aromatic heterocycles. The van der Waals surface area contributed by atoms with Gasteiger partial charge >= 0.3 is 5.97 Å². The third-order valence-electron chi connectivity index (χ3n) is 2.82. The summed E-state index contributed by atoms with van der Waals surface area (Å²) in [5.41, 5.74) is 5.40. The van der Waals surface area contributed by atoms with Gasteiger partial charge in [0.25, 0.3) is 5.91 Å². The molecule has 2 unspecified atom stereocenters. The maximum atomic E-state index is 12.2. The van der Waals surface area contributed by atoms with Crippen molar-refractivity contribution in [3.8, 4) is 0 Å². The molecule has 1 saturated heterocycles. The predicted molar refractivity (Wildman–Crippen MR) is 66.1 cm³/mol. The fourth-order valence-corrected chi connectivity index (χ4v) is 3.04. The van der Waals surface area contributed by atoms with Crippen molar-refractivity contribution in [1.29, 1.82) is 0 Å². The van der Waals surface area contributed by atoms with Gasteiger partial charge in [-0.05, 0) is 19.1 Å². The Hall–Kier alpha value is -1.47. The first-order chi connectivity index (χ1) is 8.54. The Bertz CT molecular complexity index is 473. The Labute approximate surface area is 108 Å². The average Bonchev–Trinajstić information content (AvgIpc) is 2.94. The molecule has 0 saturated carbocycles. The standard InChI is InChI=1S/C11H14N2O4S/c1-6-13(8(5-18-6)11(15)16)10(14)9-3-2-7(4-12)17-9/h2-3,6,8H,4-5,12H2,1H3,(H,15,16). The van der Waals surface area contributed by atoms with E-state index in [1.54, 1.807) is 13.0 Å². The number of carboxylic acids is 1. The van der Waals surface area contributed by atoms with E-state index in [1.165, 1.54) is 22.7 Å². The molecule has 7 heteroatoms. The minimum Gasteiger partial charge on any atom is -0.480 e. The maximum absolute atomic E-state index is 12.2. The summed E-state index contributed by atoms with van der Waals surface area (Å²) >= 11 is 1.44. The van der Waals surface area contributed by atoms with Gasteiger partial charge in [-0.15, -0.1) is 11.8 Å². The molecular weight excluding hydrogens is 256 g/mol. The highest BCUT2D eigenvalue weighted by molar-refractivity contribution is 8.00. The molecule has 1 aliphatic rings. The Kier molecular flexibility index (Phi) is 3.63. The van der Waals surface area contributed by atoms with Crippen molar-refractivity contribution in [2.75, 3.05) is 5.75 Å². The summed E-state index contributed by atoms with van der Waals surface area (Å²) in [6.45, 7) is 2.01. The van der Waals surface area contributed by atoms with Gasteiger partial charge < -0.3 is 20.2 Å². The molecule has 6 nitrogen and oxygen atoms in total. The summed E-state index contributed by atoms with van der Waals surface area (Å²) in [7, 11) is 0. The summed E-state index contributed by atoms with van der Waals surface area (Å²) in [6, 6.07) is 2.35. The van der Waals surface area contributed by atoms with Crippen molar-refractivity contribution in [3.63, 3.8) is 0 Å². The zero-order valence-corrected chi connectivity index (χ0v) is 10.6. The second kappa shape index (κ2) is 5.03. The van der Waals surface area contributed by atoms with Gasteiger partial charge in [-0.25, -0.2) is 4.79 Å². The molecule has 3 N–H and O–H groups in total. The Morgan fingerprint density at radius 2 is 2.33 bits per heavy atom. The summed E-state index contributed by atoms with van der Waals surface area (Å²) < 4.78 is 5.27. The number of rotatable bonds is 3. The van der Waals surface area contributed by atoms with Crippen LogP contribution < -0.4 is 5.73 Å². The lowest BCUT2D eigenvalue weighted by Gasteiger charge is -2.23. The number of carbonyl (C=O) groups is 2. The molecule has 1 amide bonds. The fourth-order valence-electron chi connectivity index (χ4n) is 1.87. The molecule has 0 bridgehead atoms. The van der Waals surface area contributed by atoms with E-state index in [1.807, 2.05) is 0 Å².